The van der Waals surface area contributed by atoms with Gasteiger partial charge in [-0.3, -0.25) is 0 Å². The van der Waals surface area contributed by atoms with Crippen LogP contribution in [0.3, 0.4) is 0 Å². The lowest BCUT2D eigenvalue weighted by molar-refractivity contribution is -0.707. The van der Waals surface area contributed by atoms with Gasteiger partial charge in [-0.2, -0.15) is 4.40 Å². The summed E-state index contributed by atoms with van der Waals surface area (Å²) in [6.07, 6.45) is -1.91. The molecule has 4 aromatic rings. The van der Waals surface area contributed by atoms with Crippen LogP contribution >= 0.6 is 22.9 Å². The van der Waals surface area contributed by atoms with E-state index in [9.17, 15) is 23.1 Å². The number of benzene rings is 1. The highest BCUT2D eigenvalue weighted by Crippen LogP contribution is 2.29. The largest absolute Gasteiger partial charge is 0.842 e. The molecule has 6 nitrogen and oxygen atoms in total. The maximum absolute atomic E-state index is 13.2. The van der Waals surface area contributed by atoms with Crippen molar-refractivity contribution in [1.29, 1.82) is 0 Å². The number of ether oxygens (including phenoxy) is 1. The molecular weight excluding hydrogens is 443 g/mol. The monoisotopic (exact) mass is 453 g/mol. The molecule has 3 aromatic heterocycles. The molecule has 0 spiro atoms. The molecular formula is C19H11ClF3N3O3S. The van der Waals surface area contributed by atoms with E-state index in [0.717, 1.165) is 12.1 Å². The maximum Gasteiger partial charge on any atom is 0.573 e. The summed E-state index contributed by atoms with van der Waals surface area (Å²) in [4.78, 5) is 17.6. The minimum Gasteiger partial charge on any atom is -0.842 e. The molecule has 154 valence electrons. The van der Waals surface area contributed by atoms with E-state index in [4.69, 9.17) is 11.6 Å². The number of fused-ring (bicyclic) bond motifs is 1. The molecule has 0 aliphatic heterocycles. The fourth-order valence-corrected chi connectivity index (χ4v) is 4.00. The maximum atomic E-state index is 13.2. The highest BCUT2D eigenvalue weighted by molar-refractivity contribution is 7.15. The molecule has 0 fully saturated rings. The first-order valence-corrected chi connectivity index (χ1v) is 9.63. The van der Waals surface area contributed by atoms with Gasteiger partial charge in [-0.15, -0.1) is 24.5 Å². The Morgan fingerprint density at radius 3 is 2.73 bits per heavy atom. The highest BCUT2D eigenvalue weighted by atomic mass is 35.5. The van der Waals surface area contributed by atoms with Crippen molar-refractivity contribution in [3.63, 3.8) is 0 Å². The number of alkyl halides is 3. The fraction of sp³-hybridized carbons (Fsp3) is 0.105. The van der Waals surface area contributed by atoms with Gasteiger partial charge in [0, 0.05) is 12.3 Å². The van der Waals surface area contributed by atoms with Gasteiger partial charge in [0.05, 0.1) is 17.0 Å². The van der Waals surface area contributed by atoms with E-state index in [-0.39, 0.29) is 17.7 Å². The third-order valence-electron chi connectivity index (χ3n) is 4.20. The Hall–Kier alpha value is -3.11. The third-order valence-corrected chi connectivity index (χ3v) is 5.30. The molecule has 0 aliphatic rings. The molecule has 0 amide bonds. The van der Waals surface area contributed by atoms with E-state index in [2.05, 4.69) is 9.72 Å². The van der Waals surface area contributed by atoms with Crippen molar-refractivity contribution in [3.05, 3.63) is 74.6 Å². The van der Waals surface area contributed by atoms with Crippen LogP contribution in [0.15, 0.2) is 59.7 Å². The number of nitrogens with zero attached hydrogens (tertiary/aromatic N) is 3. The van der Waals surface area contributed by atoms with Crippen LogP contribution in [0.25, 0.3) is 16.8 Å². The standard InChI is InChI=1S/C19H11ClF3N3O3S/c20-18-24-9-13(30-18)10-26-14-6-1-2-7-25(14)16(27)15(17(26)28)11-4-3-5-12(8-11)29-19(21,22)23/h1-9H,10H2. The summed E-state index contributed by atoms with van der Waals surface area (Å²) >= 11 is 7.04. The van der Waals surface area contributed by atoms with Gasteiger partial charge < -0.3 is 9.84 Å². The zero-order valence-corrected chi connectivity index (χ0v) is 16.5. The molecule has 0 bridgehead atoms. The zero-order valence-electron chi connectivity index (χ0n) is 14.9. The van der Waals surface area contributed by atoms with Crippen molar-refractivity contribution < 1.29 is 27.6 Å². The van der Waals surface area contributed by atoms with Gasteiger partial charge in [-0.05, 0) is 23.8 Å². The van der Waals surface area contributed by atoms with E-state index in [1.165, 1.54) is 44.8 Å². The molecule has 1 aromatic carbocycles. The molecule has 0 saturated heterocycles. The Labute approximate surface area is 176 Å². The Balaban J connectivity index is 1.93. The second-order valence-corrected chi connectivity index (χ2v) is 7.85. The Morgan fingerprint density at radius 2 is 2.03 bits per heavy atom. The summed E-state index contributed by atoms with van der Waals surface area (Å²) in [6.45, 7) is 0.0861. The van der Waals surface area contributed by atoms with Crippen molar-refractivity contribution in [2.24, 2.45) is 0 Å². The first-order valence-electron chi connectivity index (χ1n) is 8.43. The molecule has 0 radical (unpaired) electrons. The van der Waals surface area contributed by atoms with Gasteiger partial charge in [-0.25, -0.2) is 14.3 Å². The molecule has 30 heavy (non-hydrogen) atoms. The van der Waals surface area contributed by atoms with E-state index in [1.54, 1.807) is 18.2 Å². The minimum absolute atomic E-state index is 0.0149. The van der Waals surface area contributed by atoms with Crippen LogP contribution in [0, 0.1) is 0 Å². The van der Waals surface area contributed by atoms with Gasteiger partial charge in [0.2, 0.25) is 0 Å². The Bertz CT molecular complexity index is 1300. The van der Waals surface area contributed by atoms with E-state index in [1.807, 2.05) is 0 Å². The Morgan fingerprint density at radius 1 is 1.23 bits per heavy atom. The molecule has 4 rings (SSSR count). The molecule has 11 heteroatoms. The SMILES string of the molecule is O=c1c(-c2cccc(OC(F)(F)F)c2)c([O-])[n+](Cc2cnc(Cl)s2)c2ccccn12. The summed E-state index contributed by atoms with van der Waals surface area (Å²) in [7, 11) is 0. The fourth-order valence-electron chi connectivity index (χ4n) is 3.04. The normalized spacial score (nSPS) is 11.7. The van der Waals surface area contributed by atoms with Crippen molar-refractivity contribution in [2.45, 2.75) is 12.9 Å². The van der Waals surface area contributed by atoms with Crippen LogP contribution in [0.2, 0.25) is 4.47 Å². The van der Waals surface area contributed by atoms with Crippen molar-refractivity contribution >= 4 is 28.6 Å². The Kier molecular flexibility index (Phi) is 5.12. The summed E-state index contributed by atoms with van der Waals surface area (Å²) in [5, 5.41) is 13.2. The quantitative estimate of drug-likeness (QED) is 0.444. The zero-order chi connectivity index (χ0) is 21.5. The molecule has 0 saturated carbocycles. The lowest BCUT2D eigenvalue weighted by atomic mass is 10.1. The summed E-state index contributed by atoms with van der Waals surface area (Å²) in [6, 6.07) is 9.63. The first kappa shape index (κ1) is 20.2. The van der Waals surface area contributed by atoms with Crippen LogP contribution in [0.4, 0.5) is 13.2 Å². The minimum atomic E-state index is -4.90. The molecule has 0 aliphatic carbocycles. The van der Waals surface area contributed by atoms with E-state index < -0.39 is 23.6 Å². The van der Waals surface area contributed by atoms with Gasteiger partial charge >= 0.3 is 11.9 Å². The average Bonchev–Trinajstić information content (AvgIpc) is 3.09. The smallest absolute Gasteiger partial charge is 0.573 e. The summed E-state index contributed by atoms with van der Waals surface area (Å²) in [5.74, 6) is -1.18. The van der Waals surface area contributed by atoms with Crippen molar-refractivity contribution in [2.75, 3.05) is 0 Å². The average molecular weight is 454 g/mol. The summed E-state index contributed by atoms with van der Waals surface area (Å²) in [5.41, 5.74) is -0.593. The third kappa shape index (κ3) is 3.96. The molecule has 0 N–H and O–H groups in total. The number of halogens is 4. The lowest BCUT2D eigenvalue weighted by Gasteiger charge is -2.17. The van der Waals surface area contributed by atoms with Gasteiger partial charge in [-0.1, -0.05) is 29.8 Å². The molecule has 0 unspecified atom stereocenters. The predicted molar refractivity (Wildman–Crippen MR) is 102 cm³/mol. The van der Waals surface area contributed by atoms with Crippen LogP contribution in [-0.2, 0) is 6.54 Å². The highest BCUT2D eigenvalue weighted by Gasteiger charge is 2.31. The number of hydrogen-bond acceptors (Lipinski definition) is 5. The van der Waals surface area contributed by atoms with E-state index >= 15 is 0 Å². The van der Waals surface area contributed by atoms with Crippen LogP contribution in [-0.4, -0.2) is 15.7 Å². The summed E-state index contributed by atoms with van der Waals surface area (Å²) < 4.78 is 44.6. The van der Waals surface area contributed by atoms with Gasteiger partial charge in [0.1, 0.15) is 17.9 Å². The van der Waals surface area contributed by atoms with Gasteiger partial charge in [0.25, 0.3) is 5.65 Å². The van der Waals surface area contributed by atoms with Crippen molar-refractivity contribution in [1.82, 2.24) is 9.38 Å². The van der Waals surface area contributed by atoms with Crippen molar-refractivity contribution in [3.8, 4) is 22.8 Å². The number of aromatic nitrogens is 3. The second kappa shape index (κ2) is 7.62. The lowest BCUT2D eigenvalue weighted by Crippen LogP contribution is -2.44. The number of pyridine rings is 1. The first-order chi connectivity index (χ1) is 14.2. The van der Waals surface area contributed by atoms with Crippen LogP contribution in [0.5, 0.6) is 11.6 Å². The van der Waals surface area contributed by atoms with Gasteiger partial charge in [0.15, 0.2) is 4.47 Å². The molecule has 3 heterocycles. The molecule has 0 atom stereocenters. The number of hydrogen-bond donors (Lipinski definition) is 0. The predicted octanol–water partition coefficient (Wildman–Crippen LogP) is 3.38. The van der Waals surface area contributed by atoms with Crippen LogP contribution in [0.1, 0.15) is 4.88 Å². The van der Waals surface area contributed by atoms with Crippen LogP contribution < -0.4 is 20.0 Å². The van der Waals surface area contributed by atoms with E-state index in [0.29, 0.717) is 15.0 Å². The topological polar surface area (TPSA) is 70.5 Å². The second-order valence-electron chi connectivity index (χ2n) is 6.16. The number of rotatable bonds is 4. The number of thiazole rings is 1.